The van der Waals surface area contributed by atoms with Gasteiger partial charge < -0.3 is 4.98 Å². The van der Waals surface area contributed by atoms with Crippen molar-refractivity contribution < 1.29 is 0 Å². The summed E-state index contributed by atoms with van der Waals surface area (Å²) in [7, 11) is 0. The summed E-state index contributed by atoms with van der Waals surface area (Å²) in [6.07, 6.45) is 3.66. The van der Waals surface area contributed by atoms with Crippen LogP contribution in [0, 0.1) is 6.92 Å². The normalized spacial score (nSPS) is 11.9. The first-order valence-corrected chi connectivity index (χ1v) is 9.25. The highest BCUT2D eigenvalue weighted by Gasteiger charge is 2.14. The smallest absolute Gasteiger partial charge is 0.0922 e. The maximum Gasteiger partial charge on any atom is 0.0922 e. The number of nitrogens with one attached hydrogen (secondary N) is 1. The molecule has 3 aromatic rings. The summed E-state index contributed by atoms with van der Waals surface area (Å²) in [5.74, 6) is 0. The molecule has 3 rings (SSSR count). The Kier molecular flexibility index (Phi) is 5.58. The fourth-order valence-corrected chi connectivity index (χ4v) is 3.18. The predicted molar refractivity (Wildman–Crippen MR) is 108 cm³/mol. The maximum absolute atomic E-state index is 4.16. The van der Waals surface area contributed by atoms with Gasteiger partial charge in [0.05, 0.1) is 6.33 Å². The second-order valence-corrected chi connectivity index (χ2v) is 8.10. The zero-order valence-corrected chi connectivity index (χ0v) is 16.3. The van der Waals surface area contributed by atoms with E-state index in [-0.39, 0.29) is 5.41 Å². The van der Waals surface area contributed by atoms with Crippen molar-refractivity contribution in [3.05, 3.63) is 89.0 Å². The molecule has 0 spiro atoms. The van der Waals surface area contributed by atoms with Crippen molar-refractivity contribution in [1.29, 1.82) is 0 Å². The van der Waals surface area contributed by atoms with Crippen molar-refractivity contribution in [2.24, 2.45) is 0 Å². The maximum atomic E-state index is 4.16. The van der Waals surface area contributed by atoms with Gasteiger partial charge in [-0.2, -0.15) is 0 Å². The minimum Gasteiger partial charge on any atom is -0.347 e. The highest BCUT2D eigenvalue weighted by Crippen LogP contribution is 2.23. The summed E-state index contributed by atoms with van der Waals surface area (Å²) in [5, 5.41) is 0. The minimum atomic E-state index is 0.190. The van der Waals surface area contributed by atoms with Crippen LogP contribution in [-0.4, -0.2) is 14.9 Å². The molecule has 3 heteroatoms. The highest BCUT2D eigenvalue weighted by molar-refractivity contribution is 5.28. The number of nitrogens with zero attached hydrogens (tertiary/aromatic N) is 2. The number of hydrogen-bond donors (Lipinski definition) is 1. The lowest BCUT2D eigenvalue weighted by Crippen LogP contribution is -2.23. The molecule has 0 saturated heterocycles. The molecule has 0 saturated carbocycles. The molecule has 136 valence electrons. The van der Waals surface area contributed by atoms with Crippen molar-refractivity contribution in [3.8, 4) is 0 Å². The van der Waals surface area contributed by atoms with Crippen molar-refractivity contribution in [2.45, 2.75) is 52.7 Å². The van der Waals surface area contributed by atoms with E-state index in [4.69, 9.17) is 0 Å². The van der Waals surface area contributed by atoms with Crippen molar-refractivity contribution in [2.75, 3.05) is 0 Å². The van der Waals surface area contributed by atoms with Gasteiger partial charge in [0, 0.05) is 31.5 Å². The molecule has 0 amide bonds. The molecule has 0 bridgehead atoms. The van der Waals surface area contributed by atoms with E-state index in [1.54, 1.807) is 6.33 Å². The highest BCUT2D eigenvalue weighted by atomic mass is 15.1. The molecule has 0 fully saturated rings. The molecular weight excluding hydrogens is 318 g/mol. The Balaban J connectivity index is 1.78. The van der Waals surface area contributed by atoms with Crippen LogP contribution in [0.5, 0.6) is 0 Å². The second kappa shape index (κ2) is 7.88. The Hall–Kier alpha value is -2.39. The molecular formula is C23H29N3. The fourth-order valence-electron chi connectivity index (χ4n) is 3.18. The first-order chi connectivity index (χ1) is 12.4. The van der Waals surface area contributed by atoms with Gasteiger partial charge in [-0.25, -0.2) is 4.98 Å². The van der Waals surface area contributed by atoms with Crippen LogP contribution < -0.4 is 0 Å². The van der Waals surface area contributed by atoms with E-state index in [0.29, 0.717) is 0 Å². The number of hydrogen-bond acceptors (Lipinski definition) is 2. The molecule has 2 aromatic carbocycles. The molecule has 0 unspecified atom stereocenters. The van der Waals surface area contributed by atoms with Gasteiger partial charge in [-0.05, 0) is 34.6 Å². The molecule has 0 aliphatic heterocycles. The van der Waals surface area contributed by atoms with E-state index in [0.717, 1.165) is 25.3 Å². The number of H-pyrrole nitrogens is 1. The Bertz CT molecular complexity index is 811. The number of aromatic nitrogens is 2. The largest absolute Gasteiger partial charge is 0.347 e. The second-order valence-electron chi connectivity index (χ2n) is 8.10. The molecule has 0 atom stereocenters. The van der Waals surface area contributed by atoms with Crippen LogP contribution in [0.4, 0.5) is 0 Å². The Morgan fingerprint density at radius 2 is 1.65 bits per heavy atom. The van der Waals surface area contributed by atoms with E-state index in [1.165, 1.54) is 22.3 Å². The van der Waals surface area contributed by atoms with Gasteiger partial charge in [-0.3, -0.25) is 4.90 Å². The summed E-state index contributed by atoms with van der Waals surface area (Å²) < 4.78 is 0. The van der Waals surface area contributed by atoms with Crippen LogP contribution in [-0.2, 0) is 25.0 Å². The number of aryl methyl sites for hydroxylation is 1. The van der Waals surface area contributed by atoms with Crippen molar-refractivity contribution in [1.82, 2.24) is 14.9 Å². The number of rotatable bonds is 6. The minimum absolute atomic E-state index is 0.190. The van der Waals surface area contributed by atoms with Crippen LogP contribution in [0.2, 0.25) is 0 Å². The third-order valence-corrected chi connectivity index (χ3v) is 4.83. The van der Waals surface area contributed by atoms with Crippen molar-refractivity contribution in [3.63, 3.8) is 0 Å². The SMILES string of the molecule is Cc1ccccc1CN(Cc1ccc(C(C)(C)C)cc1)Cc1cnc[nH]1. The van der Waals surface area contributed by atoms with Crippen LogP contribution in [0.15, 0.2) is 61.1 Å². The van der Waals surface area contributed by atoms with Gasteiger partial charge in [-0.15, -0.1) is 0 Å². The Labute approximate surface area is 157 Å². The monoisotopic (exact) mass is 347 g/mol. The van der Waals surface area contributed by atoms with Crippen molar-refractivity contribution >= 4 is 0 Å². The van der Waals surface area contributed by atoms with Crippen LogP contribution >= 0.6 is 0 Å². The fraction of sp³-hybridized carbons (Fsp3) is 0.348. The lowest BCUT2D eigenvalue weighted by atomic mass is 9.87. The third-order valence-electron chi connectivity index (χ3n) is 4.83. The Morgan fingerprint density at radius 1 is 0.923 bits per heavy atom. The third kappa shape index (κ3) is 4.83. The van der Waals surface area contributed by atoms with Gasteiger partial charge in [0.25, 0.3) is 0 Å². The molecule has 1 N–H and O–H groups in total. The van der Waals surface area contributed by atoms with Gasteiger partial charge in [0.15, 0.2) is 0 Å². The van der Waals surface area contributed by atoms with Crippen LogP contribution in [0.25, 0.3) is 0 Å². The van der Waals surface area contributed by atoms with E-state index in [2.05, 4.69) is 91.1 Å². The van der Waals surface area contributed by atoms with Gasteiger partial charge in [0.1, 0.15) is 0 Å². The van der Waals surface area contributed by atoms with E-state index in [9.17, 15) is 0 Å². The van der Waals surface area contributed by atoms with Crippen LogP contribution in [0.1, 0.15) is 48.7 Å². The summed E-state index contributed by atoms with van der Waals surface area (Å²) >= 11 is 0. The topological polar surface area (TPSA) is 31.9 Å². The molecule has 0 aliphatic carbocycles. The van der Waals surface area contributed by atoms with Crippen LogP contribution in [0.3, 0.4) is 0 Å². The molecule has 0 aliphatic rings. The first-order valence-electron chi connectivity index (χ1n) is 9.25. The van der Waals surface area contributed by atoms with Gasteiger partial charge in [0.2, 0.25) is 0 Å². The lowest BCUT2D eigenvalue weighted by molar-refractivity contribution is 0.244. The molecule has 1 heterocycles. The number of benzene rings is 2. The molecule has 3 nitrogen and oxygen atoms in total. The van der Waals surface area contributed by atoms with E-state index < -0.39 is 0 Å². The number of imidazole rings is 1. The quantitative estimate of drug-likeness (QED) is 0.663. The van der Waals surface area contributed by atoms with E-state index >= 15 is 0 Å². The van der Waals surface area contributed by atoms with E-state index in [1.807, 2.05) is 6.20 Å². The van der Waals surface area contributed by atoms with Gasteiger partial charge >= 0.3 is 0 Å². The summed E-state index contributed by atoms with van der Waals surface area (Å²) in [4.78, 5) is 9.85. The predicted octanol–water partition coefficient (Wildman–Crippen LogP) is 5.22. The zero-order valence-electron chi connectivity index (χ0n) is 16.3. The number of aromatic amines is 1. The first kappa shape index (κ1) is 18.4. The lowest BCUT2D eigenvalue weighted by Gasteiger charge is -2.24. The summed E-state index contributed by atoms with van der Waals surface area (Å²) in [5.41, 5.74) is 6.76. The zero-order chi connectivity index (χ0) is 18.6. The summed E-state index contributed by atoms with van der Waals surface area (Å²) in [6, 6.07) is 17.7. The standard InChI is InChI=1S/C23H29N3/c1-18-7-5-6-8-20(18)15-26(16-22-13-24-17-25-22)14-19-9-11-21(12-10-19)23(2,3)4/h5-13,17H,14-16H2,1-4H3,(H,24,25). The molecule has 26 heavy (non-hydrogen) atoms. The average molecular weight is 348 g/mol. The summed E-state index contributed by atoms with van der Waals surface area (Å²) in [6.45, 7) is 11.6. The van der Waals surface area contributed by atoms with Gasteiger partial charge in [-0.1, -0.05) is 69.3 Å². The Morgan fingerprint density at radius 3 is 2.27 bits per heavy atom. The molecule has 1 aromatic heterocycles. The average Bonchev–Trinajstić information content (AvgIpc) is 3.09. The molecule has 0 radical (unpaired) electrons.